The van der Waals surface area contributed by atoms with Crippen molar-refractivity contribution in [1.29, 1.82) is 0 Å². The molecule has 0 fully saturated rings. The highest BCUT2D eigenvalue weighted by atomic mass is 16.2. The zero-order valence-electron chi connectivity index (χ0n) is 15.2. The van der Waals surface area contributed by atoms with Crippen LogP contribution in [0.15, 0.2) is 72.8 Å². The Morgan fingerprint density at radius 3 is 2.33 bits per heavy atom. The van der Waals surface area contributed by atoms with Gasteiger partial charge in [-0.15, -0.1) is 0 Å². The molecular formula is C22H23N3O2. The highest BCUT2D eigenvalue weighted by Gasteiger charge is 2.22. The van der Waals surface area contributed by atoms with E-state index in [9.17, 15) is 9.59 Å². The number of anilines is 1. The number of benzene rings is 3. The first-order valence-electron chi connectivity index (χ1n) is 8.91. The molecule has 3 aromatic carbocycles. The molecule has 0 spiro atoms. The summed E-state index contributed by atoms with van der Waals surface area (Å²) in [6, 6.07) is 22.5. The highest BCUT2D eigenvalue weighted by molar-refractivity contribution is 5.97. The van der Waals surface area contributed by atoms with Crippen LogP contribution in [0, 0.1) is 0 Å². The monoisotopic (exact) mass is 361 g/mol. The summed E-state index contributed by atoms with van der Waals surface area (Å²) in [5.41, 5.74) is 7.73. The van der Waals surface area contributed by atoms with Crippen molar-refractivity contribution in [1.82, 2.24) is 5.32 Å². The Morgan fingerprint density at radius 2 is 1.59 bits per heavy atom. The third kappa shape index (κ3) is 4.71. The Morgan fingerprint density at radius 1 is 0.926 bits per heavy atom. The molecule has 138 valence electrons. The number of hydrogen-bond acceptors (Lipinski definition) is 3. The van der Waals surface area contributed by atoms with Gasteiger partial charge in [-0.3, -0.25) is 9.59 Å². The van der Waals surface area contributed by atoms with Crippen LogP contribution in [0.1, 0.15) is 18.4 Å². The van der Waals surface area contributed by atoms with Crippen LogP contribution in [-0.4, -0.2) is 24.4 Å². The van der Waals surface area contributed by atoms with Gasteiger partial charge in [0.05, 0.1) is 12.6 Å². The van der Waals surface area contributed by atoms with Gasteiger partial charge in [0.2, 0.25) is 11.8 Å². The fourth-order valence-electron chi connectivity index (χ4n) is 2.95. The summed E-state index contributed by atoms with van der Waals surface area (Å²) in [4.78, 5) is 24.4. The van der Waals surface area contributed by atoms with Crippen LogP contribution in [-0.2, 0) is 9.59 Å². The molecule has 0 bridgehead atoms. The van der Waals surface area contributed by atoms with Crippen LogP contribution in [0.3, 0.4) is 0 Å². The van der Waals surface area contributed by atoms with E-state index in [1.54, 1.807) is 0 Å². The van der Waals surface area contributed by atoms with E-state index in [1.807, 2.05) is 79.7 Å². The zero-order chi connectivity index (χ0) is 19.2. The molecule has 0 aliphatic heterocycles. The average molecular weight is 361 g/mol. The molecule has 0 saturated heterocycles. The second-order valence-corrected chi connectivity index (χ2v) is 6.55. The molecule has 0 radical (unpaired) electrons. The zero-order valence-corrected chi connectivity index (χ0v) is 15.2. The fourth-order valence-corrected chi connectivity index (χ4v) is 2.95. The lowest BCUT2D eigenvalue weighted by atomic mass is 9.93. The van der Waals surface area contributed by atoms with Gasteiger partial charge in [0, 0.05) is 11.6 Å². The second kappa shape index (κ2) is 8.47. The number of rotatable bonds is 6. The molecule has 0 unspecified atom stereocenters. The number of hydrogen-bond donors (Lipinski definition) is 3. The van der Waals surface area contributed by atoms with E-state index < -0.39 is 6.04 Å². The summed E-state index contributed by atoms with van der Waals surface area (Å²) in [6.45, 7) is 1.77. The lowest BCUT2D eigenvalue weighted by Crippen LogP contribution is -2.46. The van der Waals surface area contributed by atoms with E-state index in [4.69, 9.17) is 5.73 Å². The standard InChI is InChI=1S/C22H23N3O2/c1-15(16-7-3-2-4-8-16)21(23)22(27)24-14-20(26)25-19-12-11-17-9-5-6-10-18(17)13-19/h2-13,15,21H,14,23H2,1H3,(H,24,27)(H,25,26)/t15-,21-/m0/s1. The van der Waals surface area contributed by atoms with E-state index >= 15 is 0 Å². The molecule has 0 heterocycles. The minimum atomic E-state index is -0.721. The summed E-state index contributed by atoms with van der Waals surface area (Å²) in [5, 5.41) is 7.55. The van der Waals surface area contributed by atoms with Gasteiger partial charge < -0.3 is 16.4 Å². The normalized spacial score (nSPS) is 13.0. The van der Waals surface area contributed by atoms with Crippen LogP contribution in [0.25, 0.3) is 10.8 Å². The van der Waals surface area contributed by atoms with Crippen molar-refractivity contribution < 1.29 is 9.59 Å². The molecule has 5 heteroatoms. The Kier molecular flexibility index (Phi) is 5.84. The summed E-state index contributed by atoms with van der Waals surface area (Å²) in [6.07, 6.45) is 0. The largest absolute Gasteiger partial charge is 0.346 e. The lowest BCUT2D eigenvalue weighted by Gasteiger charge is -2.19. The Hall–Kier alpha value is -3.18. The summed E-state index contributed by atoms with van der Waals surface area (Å²) in [7, 11) is 0. The topological polar surface area (TPSA) is 84.2 Å². The first-order valence-corrected chi connectivity index (χ1v) is 8.91. The molecule has 5 nitrogen and oxygen atoms in total. The number of fused-ring (bicyclic) bond motifs is 1. The summed E-state index contributed by atoms with van der Waals surface area (Å²) >= 11 is 0. The van der Waals surface area contributed by atoms with E-state index in [2.05, 4.69) is 10.6 Å². The lowest BCUT2D eigenvalue weighted by molar-refractivity contribution is -0.125. The van der Waals surface area contributed by atoms with E-state index in [-0.39, 0.29) is 24.3 Å². The molecule has 27 heavy (non-hydrogen) atoms. The molecule has 0 aliphatic carbocycles. The van der Waals surface area contributed by atoms with Crippen LogP contribution >= 0.6 is 0 Å². The number of nitrogens with two attached hydrogens (primary N) is 1. The molecule has 4 N–H and O–H groups in total. The maximum Gasteiger partial charge on any atom is 0.243 e. The highest BCUT2D eigenvalue weighted by Crippen LogP contribution is 2.19. The van der Waals surface area contributed by atoms with Crippen LogP contribution in [0.4, 0.5) is 5.69 Å². The van der Waals surface area contributed by atoms with Crippen molar-refractivity contribution in [3.8, 4) is 0 Å². The van der Waals surface area contributed by atoms with Gasteiger partial charge in [-0.05, 0) is 28.5 Å². The fraction of sp³-hybridized carbons (Fsp3) is 0.182. The van der Waals surface area contributed by atoms with Crippen molar-refractivity contribution in [2.75, 3.05) is 11.9 Å². The van der Waals surface area contributed by atoms with Crippen LogP contribution in [0.2, 0.25) is 0 Å². The minimum Gasteiger partial charge on any atom is -0.346 e. The molecule has 2 atom stereocenters. The van der Waals surface area contributed by atoms with Crippen LogP contribution < -0.4 is 16.4 Å². The van der Waals surface area contributed by atoms with E-state index in [0.29, 0.717) is 5.69 Å². The van der Waals surface area contributed by atoms with Crippen molar-refractivity contribution in [3.63, 3.8) is 0 Å². The predicted molar refractivity (Wildman–Crippen MR) is 108 cm³/mol. The number of amides is 2. The predicted octanol–water partition coefficient (Wildman–Crippen LogP) is 3.03. The second-order valence-electron chi connectivity index (χ2n) is 6.55. The van der Waals surface area contributed by atoms with Crippen molar-refractivity contribution in [2.45, 2.75) is 18.9 Å². The first kappa shape index (κ1) is 18.6. The van der Waals surface area contributed by atoms with Gasteiger partial charge in [0.25, 0.3) is 0 Å². The van der Waals surface area contributed by atoms with Crippen LogP contribution in [0.5, 0.6) is 0 Å². The Bertz CT molecular complexity index is 940. The third-order valence-electron chi connectivity index (χ3n) is 4.62. The minimum absolute atomic E-state index is 0.124. The maximum absolute atomic E-state index is 12.3. The molecule has 2 amide bonds. The van der Waals surface area contributed by atoms with Gasteiger partial charge in [-0.2, -0.15) is 0 Å². The number of nitrogens with one attached hydrogen (secondary N) is 2. The maximum atomic E-state index is 12.3. The summed E-state index contributed by atoms with van der Waals surface area (Å²) in [5.74, 6) is -0.784. The van der Waals surface area contributed by atoms with Gasteiger partial charge >= 0.3 is 0 Å². The van der Waals surface area contributed by atoms with Gasteiger partial charge in [0.1, 0.15) is 0 Å². The molecule has 3 rings (SSSR count). The van der Waals surface area contributed by atoms with Crippen molar-refractivity contribution in [3.05, 3.63) is 78.4 Å². The van der Waals surface area contributed by atoms with Gasteiger partial charge in [0.15, 0.2) is 0 Å². The smallest absolute Gasteiger partial charge is 0.243 e. The SMILES string of the molecule is C[C@@H](c1ccccc1)[C@H](N)C(=O)NCC(=O)Nc1ccc2ccccc2c1. The van der Waals surface area contributed by atoms with Crippen molar-refractivity contribution >= 4 is 28.3 Å². The van der Waals surface area contributed by atoms with E-state index in [0.717, 1.165) is 16.3 Å². The first-order chi connectivity index (χ1) is 13.0. The number of carbonyl (C=O) groups is 2. The average Bonchev–Trinajstić information content (AvgIpc) is 2.71. The third-order valence-corrected chi connectivity index (χ3v) is 4.62. The van der Waals surface area contributed by atoms with Crippen molar-refractivity contribution in [2.24, 2.45) is 5.73 Å². The molecule has 0 aromatic heterocycles. The van der Waals surface area contributed by atoms with E-state index in [1.165, 1.54) is 0 Å². The molecular weight excluding hydrogens is 338 g/mol. The summed E-state index contributed by atoms with van der Waals surface area (Å²) < 4.78 is 0. The quantitative estimate of drug-likeness (QED) is 0.631. The van der Waals surface area contributed by atoms with Gasteiger partial charge in [-0.25, -0.2) is 0 Å². The Labute approximate surface area is 158 Å². The van der Waals surface area contributed by atoms with Gasteiger partial charge in [-0.1, -0.05) is 67.6 Å². The number of carbonyl (C=O) groups excluding carboxylic acids is 2. The molecule has 0 saturated carbocycles. The molecule has 0 aliphatic rings. The molecule has 3 aromatic rings. The Balaban J connectivity index is 1.54.